The third kappa shape index (κ3) is 3.42. The number of rotatable bonds is 3. The van der Waals surface area contributed by atoms with Crippen LogP contribution in [0.5, 0.6) is 0 Å². The molecule has 3 rings (SSSR count). The molecule has 0 bridgehead atoms. The first-order valence-electron chi connectivity index (χ1n) is 6.35. The molecular formula is C16H11Cl2IN2. The molecule has 0 aliphatic heterocycles. The molecule has 0 saturated carbocycles. The molecule has 2 aromatic carbocycles. The summed E-state index contributed by atoms with van der Waals surface area (Å²) >= 11 is 14.5. The fraction of sp³-hybridized carbons (Fsp3) is 0.0625. The van der Waals surface area contributed by atoms with Gasteiger partial charge < -0.3 is 0 Å². The van der Waals surface area contributed by atoms with Gasteiger partial charge in [-0.2, -0.15) is 5.10 Å². The molecule has 1 aromatic heterocycles. The molecule has 2 nitrogen and oxygen atoms in total. The average molecular weight is 429 g/mol. The van der Waals surface area contributed by atoms with Gasteiger partial charge in [0.1, 0.15) is 0 Å². The van der Waals surface area contributed by atoms with E-state index in [0.717, 1.165) is 11.1 Å². The standard InChI is InChI=1S/C16H11Cl2IN2/c17-13-5-6-15(18)11(7-13)9-21-10-12(8-20-21)14-3-1-2-4-16(14)19/h1-8,10H,9H2. The van der Waals surface area contributed by atoms with Crippen molar-refractivity contribution in [2.45, 2.75) is 6.54 Å². The number of nitrogens with zero attached hydrogens (tertiary/aromatic N) is 2. The molecule has 1 heterocycles. The van der Waals surface area contributed by atoms with Crippen LogP contribution in [0.3, 0.4) is 0 Å². The van der Waals surface area contributed by atoms with E-state index in [2.05, 4.69) is 39.8 Å². The summed E-state index contributed by atoms with van der Waals surface area (Å²) in [5.74, 6) is 0. The van der Waals surface area contributed by atoms with E-state index in [1.165, 1.54) is 9.13 Å². The van der Waals surface area contributed by atoms with Gasteiger partial charge in [-0.05, 0) is 58.0 Å². The van der Waals surface area contributed by atoms with Crippen LogP contribution in [0.1, 0.15) is 5.56 Å². The normalized spacial score (nSPS) is 10.8. The van der Waals surface area contributed by atoms with Gasteiger partial charge in [-0.3, -0.25) is 4.68 Å². The second-order valence-corrected chi connectivity index (χ2v) is 6.65. The molecule has 0 aliphatic rings. The lowest BCUT2D eigenvalue weighted by molar-refractivity contribution is 0.687. The smallest absolute Gasteiger partial charge is 0.0674 e. The average Bonchev–Trinajstić information content (AvgIpc) is 2.92. The van der Waals surface area contributed by atoms with Gasteiger partial charge in [-0.15, -0.1) is 0 Å². The molecule has 0 spiro atoms. The highest BCUT2D eigenvalue weighted by Crippen LogP contribution is 2.25. The molecule has 106 valence electrons. The predicted molar refractivity (Wildman–Crippen MR) is 95.9 cm³/mol. The van der Waals surface area contributed by atoms with Gasteiger partial charge in [0.15, 0.2) is 0 Å². The van der Waals surface area contributed by atoms with E-state index >= 15 is 0 Å². The molecule has 0 N–H and O–H groups in total. The third-order valence-corrected chi connectivity index (χ3v) is 4.70. The topological polar surface area (TPSA) is 17.8 Å². The van der Waals surface area contributed by atoms with Gasteiger partial charge in [0, 0.05) is 25.4 Å². The Morgan fingerprint density at radius 1 is 1.10 bits per heavy atom. The Labute approximate surface area is 146 Å². The van der Waals surface area contributed by atoms with E-state index < -0.39 is 0 Å². The summed E-state index contributed by atoms with van der Waals surface area (Å²) in [4.78, 5) is 0. The molecule has 3 aromatic rings. The Kier molecular flexibility index (Phi) is 4.52. The molecule has 21 heavy (non-hydrogen) atoms. The largest absolute Gasteiger partial charge is 0.268 e. The monoisotopic (exact) mass is 428 g/mol. The Morgan fingerprint density at radius 2 is 1.90 bits per heavy atom. The van der Waals surface area contributed by atoms with Crippen molar-refractivity contribution in [3.8, 4) is 11.1 Å². The minimum Gasteiger partial charge on any atom is -0.268 e. The van der Waals surface area contributed by atoms with Gasteiger partial charge in [-0.1, -0.05) is 41.4 Å². The van der Waals surface area contributed by atoms with Crippen LogP contribution < -0.4 is 0 Å². The Morgan fingerprint density at radius 3 is 2.71 bits per heavy atom. The van der Waals surface area contributed by atoms with Crippen LogP contribution in [0, 0.1) is 3.57 Å². The number of hydrogen-bond acceptors (Lipinski definition) is 1. The van der Waals surface area contributed by atoms with Crippen molar-refractivity contribution >= 4 is 45.8 Å². The van der Waals surface area contributed by atoms with Gasteiger partial charge in [0.05, 0.1) is 12.7 Å². The van der Waals surface area contributed by atoms with Crippen LogP contribution in [0.4, 0.5) is 0 Å². The zero-order valence-corrected chi connectivity index (χ0v) is 14.6. The van der Waals surface area contributed by atoms with E-state index in [1.54, 1.807) is 6.07 Å². The Hall–Kier alpha value is -1.04. The first kappa shape index (κ1) is 14.9. The Bertz CT molecular complexity index is 783. The molecular weight excluding hydrogens is 418 g/mol. The second kappa shape index (κ2) is 6.38. The fourth-order valence-electron chi connectivity index (χ4n) is 2.12. The highest BCUT2D eigenvalue weighted by atomic mass is 127. The van der Waals surface area contributed by atoms with Crippen molar-refractivity contribution in [2.24, 2.45) is 0 Å². The van der Waals surface area contributed by atoms with Crippen LogP contribution >= 0.6 is 45.8 Å². The highest BCUT2D eigenvalue weighted by molar-refractivity contribution is 14.1. The van der Waals surface area contributed by atoms with Crippen molar-refractivity contribution in [1.82, 2.24) is 9.78 Å². The molecule has 5 heteroatoms. The van der Waals surface area contributed by atoms with Crippen LogP contribution in [-0.2, 0) is 6.54 Å². The zero-order chi connectivity index (χ0) is 14.8. The summed E-state index contributed by atoms with van der Waals surface area (Å²) in [5.41, 5.74) is 3.24. The third-order valence-electron chi connectivity index (χ3n) is 3.16. The van der Waals surface area contributed by atoms with E-state index in [0.29, 0.717) is 16.6 Å². The summed E-state index contributed by atoms with van der Waals surface area (Å²) in [6.45, 7) is 0.600. The highest BCUT2D eigenvalue weighted by Gasteiger charge is 2.07. The fourth-order valence-corrected chi connectivity index (χ4v) is 3.19. The van der Waals surface area contributed by atoms with Crippen LogP contribution in [0.2, 0.25) is 10.0 Å². The maximum atomic E-state index is 6.19. The number of halogens is 3. The maximum Gasteiger partial charge on any atom is 0.0674 e. The second-order valence-electron chi connectivity index (χ2n) is 4.64. The van der Waals surface area contributed by atoms with Crippen LogP contribution in [0.15, 0.2) is 54.9 Å². The summed E-state index contributed by atoms with van der Waals surface area (Å²) in [5, 5.41) is 5.79. The quantitative estimate of drug-likeness (QED) is 0.503. The van der Waals surface area contributed by atoms with Crippen molar-refractivity contribution in [3.05, 3.63) is 74.0 Å². The first-order chi connectivity index (χ1) is 10.1. The minimum atomic E-state index is 0.600. The van der Waals surface area contributed by atoms with Crippen molar-refractivity contribution in [3.63, 3.8) is 0 Å². The molecule has 0 amide bonds. The number of aromatic nitrogens is 2. The van der Waals surface area contributed by atoms with Crippen LogP contribution in [-0.4, -0.2) is 9.78 Å². The van der Waals surface area contributed by atoms with E-state index in [4.69, 9.17) is 23.2 Å². The lowest BCUT2D eigenvalue weighted by Crippen LogP contribution is -2.00. The van der Waals surface area contributed by atoms with E-state index in [1.807, 2.05) is 41.3 Å². The van der Waals surface area contributed by atoms with E-state index in [-0.39, 0.29) is 0 Å². The Balaban J connectivity index is 1.89. The molecule has 0 fully saturated rings. The summed E-state index contributed by atoms with van der Waals surface area (Å²) in [6, 6.07) is 13.7. The lowest BCUT2D eigenvalue weighted by atomic mass is 10.1. The molecule has 0 radical (unpaired) electrons. The first-order valence-corrected chi connectivity index (χ1v) is 8.18. The van der Waals surface area contributed by atoms with Gasteiger partial charge in [-0.25, -0.2) is 0 Å². The lowest BCUT2D eigenvalue weighted by Gasteiger charge is -2.05. The summed E-state index contributed by atoms with van der Waals surface area (Å²) in [6.07, 6.45) is 3.89. The van der Waals surface area contributed by atoms with Gasteiger partial charge >= 0.3 is 0 Å². The molecule has 0 atom stereocenters. The zero-order valence-electron chi connectivity index (χ0n) is 10.9. The molecule has 0 unspecified atom stereocenters. The van der Waals surface area contributed by atoms with Crippen molar-refractivity contribution < 1.29 is 0 Å². The predicted octanol–water partition coefficient (Wildman–Crippen LogP) is 5.51. The number of hydrogen-bond donors (Lipinski definition) is 0. The maximum absolute atomic E-state index is 6.19. The summed E-state index contributed by atoms with van der Waals surface area (Å²) < 4.78 is 3.08. The van der Waals surface area contributed by atoms with Gasteiger partial charge in [0.25, 0.3) is 0 Å². The SMILES string of the molecule is Clc1ccc(Cl)c(Cn2cc(-c3ccccc3I)cn2)c1. The van der Waals surface area contributed by atoms with E-state index in [9.17, 15) is 0 Å². The molecule has 0 aliphatic carbocycles. The van der Waals surface area contributed by atoms with Gasteiger partial charge in [0.2, 0.25) is 0 Å². The number of benzene rings is 2. The van der Waals surface area contributed by atoms with Crippen molar-refractivity contribution in [1.29, 1.82) is 0 Å². The summed E-state index contributed by atoms with van der Waals surface area (Å²) in [7, 11) is 0. The van der Waals surface area contributed by atoms with Crippen LogP contribution in [0.25, 0.3) is 11.1 Å². The van der Waals surface area contributed by atoms with Crippen molar-refractivity contribution in [2.75, 3.05) is 0 Å². The minimum absolute atomic E-state index is 0.600. The molecule has 0 saturated heterocycles.